The average molecular weight is 206 g/mol. The monoisotopic (exact) mass is 206 g/mol. The highest BCUT2D eigenvalue weighted by Gasteiger charge is 1.94. The van der Waals surface area contributed by atoms with Crippen molar-refractivity contribution in [1.29, 1.82) is 0 Å². The predicted octanol–water partition coefficient (Wildman–Crippen LogP) is 1.46. The lowest BCUT2D eigenvalue weighted by Crippen LogP contribution is -2.19. The third kappa shape index (κ3) is 3.42. The van der Waals surface area contributed by atoms with Gasteiger partial charge in [-0.15, -0.1) is 0 Å². The molecule has 3 nitrogen and oxygen atoms in total. The summed E-state index contributed by atoms with van der Waals surface area (Å²) in [6.45, 7) is 0. The zero-order valence-corrected chi connectivity index (χ0v) is 8.34. The van der Waals surface area contributed by atoms with E-state index < -0.39 is 6.03 Å². The van der Waals surface area contributed by atoms with E-state index in [0.29, 0.717) is 11.4 Å². The number of amides is 2. The van der Waals surface area contributed by atoms with Crippen LogP contribution in [0.2, 0.25) is 0 Å². The minimum absolute atomic E-state index is 0.529. The molecule has 3 N–H and O–H groups in total. The smallest absolute Gasteiger partial charge is 0.316 e. The van der Waals surface area contributed by atoms with Crippen molar-refractivity contribution < 1.29 is 4.79 Å². The van der Waals surface area contributed by atoms with Gasteiger partial charge in [-0.1, -0.05) is 11.8 Å². The SMILES string of the molecule is NC(=O)Nc1ccc(C#CCS)cc1. The molecule has 0 saturated heterocycles. The van der Waals surface area contributed by atoms with Gasteiger partial charge in [-0.05, 0) is 24.3 Å². The van der Waals surface area contributed by atoms with Crippen LogP contribution >= 0.6 is 12.6 Å². The maximum atomic E-state index is 10.5. The molecule has 0 unspecified atom stereocenters. The van der Waals surface area contributed by atoms with Gasteiger partial charge in [-0.2, -0.15) is 12.6 Å². The van der Waals surface area contributed by atoms with Crippen molar-refractivity contribution in [3.05, 3.63) is 29.8 Å². The van der Waals surface area contributed by atoms with Crippen LogP contribution in [0.15, 0.2) is 24.3 Å². The molecule has 0 aromatic heterocycles. The average Bonchev–Trinajstić information content (AvgIpc) is 2.16. The number of nitrogens with one attached hydrogen (secondary N) is 1. The van der Waals surface area contributed by atoms with E-state index in [9.17, 15) is 4.79 Å². The van der Waals surface area contributed by atoms with E-state index in [1.54, 1.807) is 12.1 Å². The van der Waals surface area contributed by atoms with Gasteiger partial charge >= 0.3 is 6.03 Å². The molecule has 1 aromatic rings. The van der Waals surface area contributed by atoms with Crippen LogP contribution in [-0.4, -0.2) is 11.8 Å². The summed E-state index contributed by atoms with van der Waals surface area (Å²) < 4.78 is 0. The second-order valence-corrected chi connectivity index (χ2v) is 2.84. The largest absolute Gasteiger partial charge is 0.351 e. The number of benzene rings is 1. The highest BCUT2D eigenvalue weighted by atomic mass is 32.1. The molecule has 0 atom stereocenters. The Bertz CT molecular complexity index is 375. The Hall–Kier alpha value is -1.60. The number of carbonyl (C=O) groups is 1. The zero-order valence-electron chi connectivity index (χ0n) is 7.45. The molecule has 0 saturated carbocycles. The number of hydrogen-bond acceptors (Lipinski definition) is 2. The molecule has 1 rings (SSSR count). The van der Waals surface area contributed by atoms with Gasteiger partial charge < -0.3 is 11.1 Å². The van der Waals surface area contributed by atoms with Crippen LogP contribution in [0, 0.1) is 11.8 Å². The molecule has 0 heterocycles. The molecule has 0 bridgehead atoms. The fourth-order valence-corrected chi connectivity index (χ4v) is 1.000. The van der Waals surface area contributed by atoms with E-state index >= 15 is 0 Å². The van der Waals surface area contributed by atoms with Crippen molar-refractivity contribution in [2.24, 2.45) is 5.73 Å². The maximum Gasteiger partial charge on any atom is 0.316 e. The van der Waals surface area contributed by atoms with E-state index in [2.05, 4.69) is 29.8 Å². The number of carbonyl (C=O) groups excluding carboxylic acids is 1. The van der Waals surface area contributed by atoms with Gasteiger partial charge in [-0.3, -0.25) is 0 Å². The van der Waals surface area contributed by atoms with Gasteiger partial charge in [0.25, 0.3) is 0 Å². The summed E-state index contributed by atoms with van der Waals surface area (Å²) in [6.07, 6.45) is 0. The molecule has 0 aliphatic heterocycles. The normalized spacial score (nSPS) is 8.64. The third-order valence-electron chi connectivity index (χ3n) is 1.46. The molecule has 0 aliphatic rings. The number of primary amides is 1. The van der Waals surface area contributed by atoms with Crippen molar-refractivity contribution in [3.8, 4) is 11.8 Å². The Morgan fingerprint density at radius 3 is 2.57 bits per heavy atom. The van der Waals surface area contributed by atoms with Crippen LogP contribution in [0.1, 0.15) is 5.56 Å². The van der Waals surface area contributed by atoms with Crippen LogP contribution in [0.5, 0.6) is 0 Å². The van der Waals surface area contributed by atoms with E-state index in [-0.39, 0.29) is 0 Å². The fourth-order valence-electron chi connectivity index (χ4n) is 0.921. The summed E-state index contributed by atoms with van der Waals surface area (Å²) in [5, 5.41) is 2.46. The summed E-state index contributed by atoms with van der Waals surface area (Å²) in [5.41, 5.74) is 6.50. The molecular weight excluding hydrogens is 196 g/mol. The number of anilines is 1. The zero-order chi connectivity index (χ0) is 10.4. The van der Waals surface area contributed by atoms with Gasteiger partial charge in [0.05, 0.1) is 5.75 Å². The van der Waals surface area contributed by atoms with Gasteiger partial charge in [-0.25, -0.2) is 4.79 Å². The fraction of sp³-hybridized carbons (Fsp3) is 0.100. The number of urea groups is 1. The van der Waals surface area contributed by atoms with Crippen LogP contribution in [0.4, 0.5) is 10.5 Å². The highest BCUT2D eigenvalue weighted by Crippen LogP contribution is 2.07. The molecule has 0 fully saturated rings. The molecule has 72 valence electrons. The second-order valence-electron chi connectivity index (χ2n) is 2.53. The molecule has 1 aromatic carbocycles. The van der Waals surface area contributed by atoms with Crippen molar-refractivity contribution in [1.82, 2.24) is 0 Å². The van der Waals surface area contributed by atoms with Crippen LogP contribution in [0.3, 0.4) is 0 Å². The molecule has 14 heavy (non-hydrogen) atoms. The molecule has 0 spiro atoms. The number of hydrogen-bond donors (Lipinski definition) is 3. The Morgan fingerprint density at radius 1 is 1.43 bits per heavy atom. The lowest BCUT2D eigenvalue weighted by molar-refractivity contribution is 0.259. The summed E-state index contributed by atoms with van der Waals surface area (Å²) in [6, 6.07) is 6.53. The topological polar surface area (TPSA) is 55.1 Å². The van der Waals surface area contributed by atoms with Gasteiger partial charge in [0.1, 0.15) is 0 Å². The minimum Gasteiger partial charge on any atom is -0.351 e. The van der Waals surface area contributed by atoms with Crippen LogP contribution in [-0.2, 0) is 0 Å². The molecule has 2 amide bonds. The number of nitrogens with two attached hydrogens (primary N) is 1. The van der Waals surface area contributed by atoms with Crippen LogP contribution in [0.25, 0.3) is 0 Å². The van der Waals surface area contributed by atoms with Gasteiger partial charge in [0, 0.05) is 11.3 Å². The Balaban J connectivity index is 2.73. The van der Waals surface area contributed by atoms with E-state index in [1.165, 1.54) is 0 Å². The van der Waals surface area contributed by atoms with E-state index in [1.807, 2.05) is 12.1 Å². The first kappa shape index (κ1) is 10.5. The van der Waals surface area contributed by atoms with E-state index in [4.69, 9.17) is 5.73 Å². The second kappa shape index (κ2) is 5.20. The quantitative estimate of drug-likeness (QED) is 0.473. The summed E-state index contributed by atoms with van der Waals surface area (Å²) in [4.78, 5) is 10.5. The lowest BCUT2D eigenvalue weighted by atomic mass is 10.2. The number of rotatable bonds is 1. The lowest BCUT2D eigenvalue weighted by Gasteiger charge is -2.00. The van der Waals surface area contributed by atoms with Crippen molar-refractivity contribution >= 4 is 24.3 Å². The van der Waals surface area contributed by atoms with Gasteiger partial charge in [0.2, 0.25) is 0 Å². The molecule has 4 heteroatoms. The number of thiol groups is 1. The van der Waals surface area contributed by atoms with Crippen molar-refractivity contribution in [2.75, 3.05) is 11.1 Å². The Kier molecular flexibility index (Phi) is 3.89. The first-order valence-electron chi connectivity index (χ1n) is 3.98. The Labute approximate surface area is 88.1 Å². The first-order valence-corrected chi connectivity index (χ1v) is 4.62. The maximum absolute atomic E-state index is 10.5. The van der Waals surface area contributed by atoms with Gasteiger partial charge in [0.15, 0.2) is 0 Å². The van der Waals surface area contributed by atoms with Crippen LogP contribution < -0.4 is 11.1 Å². The minimum atomic E-state index is -0.570. The molecule has 0 aliphatic carbocycles. The predicted molar refractivity (Wildman–Crippen MR) is 60.4 cm³/mol. The van der Waals surface area contributed by atoms with Crippen molar-refractivity contribution in [3.63, 3.8) is 0 Å². The Morgan fingerprint density at radius 2 is 2.07 bits per heavy atom. The third-order valence-corrected chi connectivity index (χ3v) is 1.62. The molecular formula is C10H10N2OS. The summed E-state index contributed by atoms with van der Waals surface area (Å²) >= 11 is 3.97. The van der Waals surface area contributed by atoms with E-state index in [0.717, 1.165) is 5.56 Å². The standard InChI is InChI=1S/C10H10N2OS/c11-10(13)12-9-5-3-8(4-6-9)2-1-7-14/h3-6,14H,7H2,(H3,11,12,13). The van der Waals surface area contributed by atoms with Crippen molar-refractivity contribution in [2.45, 2.75) is 0 Å². The summed E-state index contributed by atoms with van der Waals surface area (Å²) in [7, 11) is 0. The summed E-state index contributed by atoms with van der Waals surface area (Å²) in [5.74, 6) is 6.26. The molecule has 0 radical (unpaired) electrons. The highest BCUT2D eigenvalue weighted by molar-refractivity contribution is 7.80. The first-order chi connectivity index (χ1) is 6.72.